The molecule has 0 unspecified atom stereocenters. The van der Waals surface area contributed by atoms with Crippen molar-refractivity contribution in [2.24, 2.45) is 0 Å². The van der Waals surface area contributed by atoms with E-state index >= 15 is 0 Å². The second kappa shape index (κ2) is 7.78. The van der Waals surface area contributed by atoms with Crippen molar-refractivity contribution < 1.29 is 24.4 Å². The van der Waals surface area contributed by atoms with Crippen LogP contribution in [0.2, 0.25) is 0 Å². The molecule has 1 aromatic carbocycles. The van der Waals surface area contributed by atoms with E-state index < -0.39 is 27.2 Å². The van der Waals surface area contributed by atoms with E-state index in [4.69, 9.17) is 0 Å². The highest BCUT2D eigenvalue weighted by atomic mass is 17.2. The predicted octanol–water partition coefficient (Wildman–Crippen LogP) is 2.92. The van der Waals surface area contributed by atoms with Gasteiger partial charge in [0.25, 0.3) is 11.4 Å². The van der Waals surface area contributed by atoms with Crippen molar-refractivity contribution in [2.45, 2.75) is 32.6 Å². The fourth-order valence-corrected chi connectivity index (χ4v) is 1.48. The summed E-state index contributed by atoms with van der Waals surface area (Å²) in [5.41, 5.74) is -1.10. The van der Waals surface area contributed by atoms with Crippen LogP contribution in [0.25, 0.3) is 0 Å². The lowest BCUT2D eigenvalue weighted by atomic mass is 10.2. The van der Waals surface area contributed by atoms with Gasteiger partial charge in [-0.15, -0.1) is 0 Å². The summed E-state index contributed by atoms with van der Waals surface area (Å²) in [6, 6.07) is 2.77. The minimum atomic E-state index is -0.854. The van der Waals surface area contributed by atoms with Gasteiger partial charge in [-0.2, -0.15) is 0 Å². The van der Waals surface area contributed by atoms with Gasteiger partial charge in [-0.25, -0.2) is 4.79 Å². The summed E-state index contributed by atoms with van der Waals surface area (Å²) in [4.78, 5) is 40.1. The fourth-order valence-electron chi connectivity index (χ4n) is 1.48. The molecular formula is C12H14N2O7. The number of rotatable bonds is 8. The number of hydrogen-bond acceptors (Lipinski definition) is 7. The number of unbranched alkanes of at least 4 members (excludes halogenated alkanes) is 2. The summed E-state index contributed by atoms with van der Waals surface area (Å²) in [6.45, 7) is 1.97. The van der Waals surface area contributed by atoms with Crippen molar-refractivity contribution in [1.29, 1.82) is 0 Å². The Morgan fingerprint density at radius 3 is 2.48 bits per heavy atom. The van der Waals surface area contributed by atoms with Crippen LogP contribution in [0.3, 0.4) is 0 Å². The maximum atomic E-state index is 11.3. The third-order valence-corrected chi connectivity index (χ3v) is 2.56. The normalized spacial score (nSPS) is 9.95. The molecule has 0 aliphatic carbocycles. The summed E-state index contributed by atoms with van der Waals surface area (Å²) >= 11 is 0. The van der Waals surface area contributed by atoms with Gasteiger partial charge in [0.05, 0.1) is 22.3 Å². The Morgan fingerprint density at radius 1 is 1.19 bits per heavy atom. The highest BCUT2D eigenvalue weighted by Crippen LogP contribution is 2.31. The second-order valence-electron chi connectivity index (χ2n) is 4.16. The van der Waals surface area contributed by atoms with Crippen LogP contribution in [-0.2, 0) is 9.68 Å². The standard InChI is InChI=1S/C12H14N2O7/c1-2-3-4-5-12(15)21-20-11-7-6-9(13(16)17)8-10(11)14(18)19/h6-8H,2-5H2,1H3. The van der Waals surface area contributed by atoms with Gasteiger partial charge in [0, 0.05) is 6.07 Å². The van der Waals surface area contributed by atoms with E-state index in [0.29, 0.717) is 6.42 Å². The maximum absolute atomic E-state index is 11.3. The highest BCUT2D eigenvalue weighted by molar-refractivity contribution is 5.68. The van der Waals surface area contributed by atoms with E-state index in [1.54, 1.807) is 0 Å². The van der Waals surface area contributed by atoms with Crippen molar-refractivity contribution in [3.8, 4) is 5.75 Å². The van der Waals surface area contributed by atoms with Crippen LogP contribution in [0, 0.1) is 20.2 Å². The molecule has 9 nitrogen and oxygen atoms in total. The molecule has 1 aromatic rings. The minimum Gasteiger partial charge on any atom is -0.280 e. The second-order valence-corrected chi connectivity index (χ2v) is 4.16. The molecular weight excluding hydrogens is 284 g/mol. The first-order valence-corrected chi connectivity index (χ1v) is 6.26. The number of carbonyl (C=O) groups is 1. The molecule has 9 heteroatoms. The summed E-state index contributed by atoms with van der Waals surface area (Å²) in [5, 5.41) is 21.4. The first-order valence-electron chi connectivity index (χ1n) is 6.26. The predicted molar refractivity (Wildman–Crippen MR) is 70.6 cm³/mol. The monoisotopic (exact) mass is 298 g/mol. The molecule has 0 aliphatic rings. The molecule has 0 radical (unpaired) electrons. The minimum absolute atomic E-state index is 0.134. The molecule has 1 rings (SSSR count). The SMILES string of the molecule is CCCCCC(=O)OOc1ccc([N+](=O)[O-])cc1[N+](=O)[O-]. The zero-order chi connectivity index (χ0) is 15.8. The van der Waals surface area contributed by atoms with E-state index in [2.05, 4.69) is 9.78 Å². The molecule has 0 aliphatic heterocycles. The first-order chi connectivity index (χ1) is 9.95. The van der Waals surface area contributed by atoms with Gasteiger partial charge in [-0.1, -0.05) is 19.8 Å². The molecule has 0 saturated carbocycles. The van der Waals surface area contributed by atoms with E-state index in [1.807, 2.05) is 6.92 Å². The van der Waals surface area contributed by atoms with Gasteiger partial charge in [0.2, 0.25) is 0 Å². The molecule has 0 atom stereocenters. The Labute approximate surface area is 119 Å². The number of hydrogen-bond donors (Lipinski definition) is 0. The maximum Gasteiger partial charge on any atom is 0.355 e. The average molecular weight is 298 g/mol. The summed E-state index contributed by atoms with van der Waals surface area (Å²) < 4.78 is 0. The van der Waals surface area contributed by atoms with Crippen LogP contribution in [-0.4, -0.2) is 15.8 Å². The number of nitrogens with zero attached hydrogens (tertiary/aromatic N) is 2. The number of benzene rings is 1. The summed E-state index contributed by atoms with van der Waals surface area (Å²) in [5.74, 6) is -1.02. The fraction of sp³-hybridized carbons (Fsp3) is 0.417. The van der Waals surface area contributed by atoms with Crippen LogP contribution in [0.15, 0.2) is 18.2 Å². The zero-order valence-corrected chi connectivity index (χ0v) is 11.3. The van der Waals surface area contributed by atoms with Crippen LogP contribution in [0.1, 0.15) is 32.6 Å². The Kier molecular flexibility index (Phi) is 6.05. The smallest absolute Gasteiger partial charge is 0.280 e. The van der Waals surface area contributed by atoms with Gasteiger partial charge >= 0.3 is 11.7 Å². The van der Waals surface area contributed by atoms with Gasteiger partial charge in [-0.3, -0.25) is 30.0 Å². The van der Waals surface area contributed by atoms with E-state index in [1.165, 1.54) is 0 Å². The summed E-state index contributed by atoms with van der Waals surface area (Å²) in [6.07, 6.45) is 2.55. The third-order valence-electron chi connectivity index (χ3n) is 2.56. The van der Waals surface area contributed by atoms with Crippen LogP contribution < -0.4 is 4.89 Å². The third kappa shape index (κ3) is 5.05. The molecule has 114 valence electrons. The molecule has 0 amide bonds. The molecule has 21 heavy (non-hydrogen) atoms. The lowest BCUT2D eigenvalue weighted by molar-refractivity contribution is -0.396. The summed E-state index contributed by atoms with van der Waals surface area (Å²) in [7, 11) is 0. The van der Waals surface area contributed by atoms with E-state index in [9.17, 15) is 25.0 Å². The van der Waals surface area contributed by atoms with Crippen molar-refractivity contribution in [3.63, 3.8) is 0 Å². The van der Waals surface area contributed by atoms with E-state index in [-0.39, 0.29) is 12.2 Å². The number of carbonyl (C=O) groups excluding carboxylic acids is 1. The Hall–Kier alpha value is -2.71. The van der Waals surface area contributed by atoms with Crippen molar-refractivity contribution in [2.75, 3.05) is 0 Å². The molecule has 0 saturated heterocycles. The van der Waals surface area contributed by atoms with Gasteiger partial charge < -0.3 is 0 Å². The van der Waals surface area contributed by atoms with Crippen LogP contribution in [0.5, 0.6) is 5.75 Å². The number of non-ortho nitro benzene ring substituents is 1. The molecule has 0 heterocycles. The molecule has 0 bridgehead atoms. The molecule has 0 aromatic heterocycles. The average Bonchev–Trinajstić information content (AvgIpc) is 2.45. The topological polar surface area (TPSA) is 122 Å². The van der Waals surface area contributed by atoms with Crippen LogP contribution in [0.4, 0.5) is 11.4 Å². The van der Waals surface area contributed by atoms with Crippen molar-refractivity contribution >= 4 is 17.3 Å². The first kappa shape index (κ1) is 16.3. The lowest BCUT2D eigenvalue weighted by Crippen LogP contribution is -2.08. The van der Waals surface area contributed by atoms with Gasteiger partial charge in [-0.05, 0) is 12.5 Å². The van der Waals surface area contributed by atoms with Crippen molar-refractivity contribution in [1.82, 2.24) is 0 Å². The van der Waals surface area contributed by atoms with E-state index in [0.717, 1.165) is 31.0 Å². The zero-order valence-electron chi connectivity index (χ0n) is 11.3. The Bertz CT molecular complexity index is 544. The quantitative estimate of drug-likeness (QED) is 0.313. The number of nitro groups is 2. The largest absolute Gasteiger partial charge is 0.355 e. The molecule has 0 spiro atoms. The highest BCUT2D eigenvalue weighted by Gasteiger charge is 2.22. The number of nitro benzene ring substituents is 2. The van der Waals surface area contributed by atoms with Crippen molar-refractivity contribution in [3.05, 3.63) is 38.4 Å². The molecule has 0 N–H and O–H groups in total. The Morgan fingerprint density at radius 2 is 1.90 bits per heavy atom. The molecule has 0 fully saturated rings. The Balaban J connectivity index is 2.72. The lowest BCUT2D eigenvalue weighted by Gasteiger charge is -2.04. The van der Waals surface area contributed by atoms with Gasteiger partial charge in [0.1, 0.15) is 0 Å². The van der Waals surface area contributed by atoms with Crippen LogP contribution >= 0.6 is 0 Å². The van der Waals surface area contributed by atoms with Gasteiger partial charge in [0.15, 0.2) is 0 Å².